The molecule has 0 atom stereocenters. The van der Waals surface area contributed by atoms with Crippen molar-refractivity contribution in [2.24, 2.45) is 4.99 Å². The predicted octanol–water partition coefficient (Wildman–Crippen LogP) is 5.67. The second-order valence-corrected chi connectivity index (χ2v) is 11.5. The van der Waals surface area contributed by atoms with Gasteiger partial charge in [-0.05, 0) is 75.1 Å². The molecular formula is C26H35N3O3S2. The maximum absolute atomic E-state index is 13.2. The second kappa shape index (κ2) is 11.4. The van der Waals surface area contributed by atoms with Crippen LogP contribution in [0.15, 0.2) is 46.3 Å². The summed E-state index contributed by atoms with van der Waals surface area (Å²) in [5.41, 5.74) is 3.88. The fraction of sp³-hybridized carbons (Fsp3) is 0.462. The van der Waals surface area contributed by atoms with Crippen molar-refractivity contribution in [2.45, 2.75) is 71.7 Å². The van der Waals surface area contributed by atoms with E-state index in [0.717, 1.165) is 35.9 Å². The van der Waals surface area contributed by atoms with E-state index < -0.39 is 10.0 Å². The van der Waals surface area contributed by atoms with E-state index in [1.54, 1.807) is 16.4 Å². The maximum Gasteiger partial charge on any atom is 0.279 e. The highest BCUT2D eigenvalue weighted by molar-refractivity contribution is 7.89. The van der Waals surface area contributed by atoms with Crippen LogP contribution in [-0.4, -0.2) is 36.3 Å². The van der Waals surface area contributed by atoms with Gasteiger partial charge in [-0.15, -0.1) is 0 Å². The van der Waals surface area contributed by atoms with Crippen LogP contribution in [-0.2, 0) is 16.6 Å². The summed E-state index contributed by atoms with van der Waals surface area (Å²) in [5, 5.41) is 0. The van der Waals surface area contributed by atoms with Crippen LogP contribution in [0.3, 0.4) is 0 Å². The summed E-state index contributed by atoms with van der Waals surface area (Å²) < 4.78 is 31.1. The molecule has 6 nitrogen and oxygen atoms in total. The molecule has 34 heavy (non-hydrogen) atoms. The van der Waals surface area contributed by atoms with Crippen molar-refractivity contribution in [2.75, 3.05) is 13.1 Å². The Labute approximate surface area is 207 Å². The van der Waals surface area contributed by atoms with Crippen molar-refractivity contribution >= 4 is 37.5 Å². The Morgan fingerprint density at radius 3 is 2.15 bits per heavy atom. The molecule has 0 unspecified atom stereocenters. The summed E-state index contributed by atoms with van der Waals surface area (Å²) in [6.45, 7) is 12.0. The van der Waals surface area contributed by atoms with Crippen molar-refractivity contribution in [1.82, 2.24) is 8.87 Å². The Kier molecular flexibility index (Phi) is 8.84. The molecule has 0 aliphatic carbocycles. The maximum atomic E-state index is 13.2. The van der Waals surface area contributed by atoms with Gasteiger partial charge in [0, 0.05) is 25.2 Å². The lowest BCUT2D eigenvalue weighted by molar-refractivity contribution is 0.0997. The van der Waals surface area contributed by atoms with Gasteiger partial charge in [-0.2, -0.15) is 9.30 Å². The third-order valence-corrected chi connectivity index (χ3v) is 9.10. The summed E-state index contributed by atoms with van der Waals surface area (Å²) in [7, 11) is -3.59. The standard InChI is InChI=1S/C26H35N3O3S2/c1-6-9-17-28(18-10-7-2)34(31,32)22-14-12-21(13-15-22)25(30)27-26-29(8-3)24-20(5)19(4)11-16-23(24)33-26/h11-16H,6-10,17-18H2,1-5H3. The van der Waals surface area contributed by atoms with Crippen LogP contribution < -0.4 is 4.80 Å². The number of unbranched alkanes of at least 4 members (excludes halogenated alkanes) is 2. The number of carbonyl (C=O) groups is 1. The Balaban J connectivity index is 1.92. The fourth-order valence-electron chi connectivity index (χ4n) is 3.91. The van der Waals surface area contributed by atoms with E-state index in [0.29, 0.717) is 30.0 Å². The van der Waals surface area contributed by atoms with Crippen LogP contribution in [0.4, 0.5) is 0 Å². The lowest BCUT2D eigenvalue weighted by Gasteiger charge is -2.22. The van der Waals surface area contributed by atoms with Crippen molar-refractivity contribution in [3.8, 4) is 0 Å². The van der Waals surface area contributed by atoms with Gasteiger partial charge in [-0.3, -0.25) is 4.79 Å². The topological polar surface area (TPSA) is 71.7 Å². The highest BCUT2D eigenvalue weighted by Gasteiger charge is 2.23. The number of nitrogens with zero attached hydrogens (tertiary/aromatic N) is 3. The van der Waals surface area contributed by atoms with E-state index in [1.807, 2.05) is 6.92 Å². The predicted molar refractivity (Wildman–Crippen MR) is 140 cm³/mol. The van der Waals surface area contributed by atoms with Crippen LogP contribution in [0.25, 0.3) is 10.2 Å². The first kappa shape index (κ1) is 26.3. The average Bonchev–Trinajstić information content (AvgIpc) is 3.19. The SMILES string of the molecule is CCCCN(CCCC)S(=O)(=O)c1ccc(C(=O)N=c2sc3ccc(C)c(C)c3n2CC)cc1. The quantitative estimate of drug-likeness (QED) is 0.359. The summed E-state index contributed by atoms with van der Waals surface area (Å²) >= 11 is 1.49. The number of hydrogen-bond acceptors (Lipinski definition) is 4. The van der Waals surface area contributed by atoms with Crippen molar-refractivity contribution in [1.29, 1.82) is 0 Å². The van der Waals surface area contributed by atoms with E-state index in [1.165, 1.54) is 34.6 Å². The number of rotatable bonds is 10. The minimum Gasteiger partial charge on any atom is -0.316 e. The van der Waals surface area contributed by atoms with Crippen LogP contribution in [0, 0.1) is 13.8 Å². The number of aryl methyl sites for hydroxylation is 3. The molecule has 0 aliphatic rings. The first-order chi connectivity index (χ1) is 16.2. The summed E-state index contributed by atoms with van der Waals surface area (Å²) in [6, 6.07) is 10.3. The molecule has 8 heteroatoms. The molecule has 1 amide bonds. The van der Waals surface area contributed by atoms with Gasteiger partial charge >= 0.3 is 0 Å². The largest absolute Gasteiger partial charge is 0.316 e. The number of aromatic nitrogens is 1. The van der Waals surface area contributed by atoms with Gasteiger partial charge < -0.3 is 4.57 Å². The number of sulfonamides is 1. The molecule has 3 rings (SSSR count). The molecule has 0 aliphatic heterocycles. The first-order valence-corrected chi connectivity index (χ1v) is 14.3. The zero-order chi connectivity index (χ0) is 24.9. The molecule has 0 saturated carbocycles. The van der Waals surface area contributed by atoms with Gasteiger partial charge in [0.25, 0.3) is 5.91 Å². The molecule has 0 radical (unpaired) electrons. The summed E-state index contributed by atoms with van der Waals surface area (Å²) in [4.78, 5) is 18.2. The van der Waals surface area contributed by atoms with Gasteiger partial charge in [0.05, 0.1) is 15.1 Å². The molecule has 0 fully saturated rings. The lowest BCUT2D eigenvalue weighted by Crippen LogP contribution is -2.33. The Morgan fingerprint density at radius 1 is 0.971 bits per heavy atom. The molecule has 1 aromatic heterocycles. The third-order valence-electron chi connectivity index (χ3n) is 6.14. The van der Waals surface area contributed by atoms with Crippen LogP contribution in [0.2, 0.25) is 0 Å². The number of hydrogen-bond donors (Lipinski definition) is 0. The van der Waals surface area contributed by atoms with Crippen molar-refractivity contribution in [3.05, 3.63) is 57.9 Å². The molecule has 0 spiro atoms. The van der Waals surface area contributed by atoms with Crippen LogP contribution in [0.1, 0.15) is 67.9 Å². The van der Waals surface area contributed by atoms with E-state index in [-0.39, 0.29) is 10.8 Å². The number of thiazole rings is 1. The van der Waals surface area contributed by atoms with Gasteiger partial charge in [0.2, 0.25) is 10.0 Å². The van der Waals surface area contributed by atoms with Crippen LogP contribution >= 0.6 is 11.3 Å². The monoisotopic (exact) mass is 501 g/mol. The number of amides is 1. The Bertz CT molecular complexity index is 1310. The minimum atomic E-state index is -3.59. The van der Waals surface area contributed by atoms with E-state index in [4.69, 9.17) is 0 Å². The van der Waals surface area contributed by atoms with Crippen LogP contribution in [0.5, 0.6) is 0 Å². The molecule has 0 N–H and O–H groups in total. The average molecular weight is 502 g/mol. The number of benzene rings is 2. The summed E-state index contributed by atoms with van der Waals surface area (Å²) in [5.74, 6) is -0.374. The molecule has 2 aromatic carbocycles. The molecule has 0 bridgehead atoms. The third kappa shape index (κ3) is 5.50. The van der Waals surface area contributed by atoms with E-state index >= 15 is 0 Å². The molecular weight excluding hydrogens is 466 g/mol. The Morgan fingerprint density at radius 2 is 1.59 bits per heavy atom. The van der Waals surface area contributed by atoms with Gasteiger partial charge in [-0.1, -0.05) is 44.1 Å². The van der Waals surface area contributed by atoms with Crippen molar-refractivity contribution < 1.29 is 13.2 Å². The highest BCUT2D eigenvalue weighted by Crippen LogP contribution is 2.24. The zero-order valence-corrected chi connectivity index (χ0v) is 22.4. The Hall–Kier alpha value is -2.29. The number of carbonyl (C=O) groups excluding carboxylic acids is 1. The van der Waals surface area contributed by atoms with Crippen molar-refractivity contribution in [3.63, 3.8) is 0 Å². The van der Waals surface area contributed by atoms with Gasteiger partial charge in [-0.25, -0.2) is 8.42 Å². The van der Waals surface area contributed by atoms with E-state index in [9.17, 15) is 13.2 Å². The first-order valence-electron chi connectivity index (χ1n) is 12.0. The minimum absolute atomic E-state index is 0.216. The summed E-state index contributed by atoms with van der Waals surface area (Å²) in [6.07, 6.45) is 3.51. The second-order valence-electron chi connectivity index (χ2n) is 8.54. The molecule has 184 valence electrons. The molecule has 3 aromatic rings. The lowest BCUT2D eigenvalue weighted by atomic mass is 10.1. The smallest absolute Gasteiger partial charge is 0.279 e. The van der Waals surface area contributed by atoms with E-state index in [2.05, 4.69) is 49.4 Å². The fourth-order valence-corrected chi connectivity index (χ4v) is 6.58. The van der Waals surface area contributed by atoms with Gasteiger partial charge in [0.15, 0.2) is 4.80 Å². The van der Waals surface area contributed by atoms with Gasteiger partial charge in [0.1, 0.15) is 0 Å². The molecule has 0 saturated heterocycles. The molecule has 1 heterocycles. The number of fused-ring (bicyclic) bond motifs is 1. The highest BCUT2D eigenvalue weighted by atomic mass is 32.2. The normalized spacial score (nSPS) is 12.7. The zero-order valence-electron chi connectivity index (χ0n) is 20.8.